The predicted octanol–water partition coefficient (Wildman–Crippen LogP) is 4.98. The quantitative estimate of drug-likeness (QED) is 0.366. The second-order valence-corrected chi connectivity index (χ2v) is 8.43. The number of halogens is 1. The van der Waals surface area contributed by atoms with Crippen molar-refractivity contribution in [2.45, 2.75) is 12.5 Å². The lowest BCUT2D eigenvalue weighted by Crippen LogP contribution is -2.22. The first-order chi connectivity index (χ1) is 17.0. The molecular weight excluding hydrogens is 449 g/mol. The fourth-order valence-electron chi connectivity index (χ4n) is 4.07. The lowest BCUT2D eigenvalue weighted by Gasteiger charge is -2.18. The maximum absolute atomic E-state index is 13.7. The number of rotatable bonds is 7. The Morgan fingerprint density at radius 3 is 2.94 bits per heavy atom. The average Bonchev–Trinajstić information content (AvgIpc) is 3.46. The summed E-state index contributed by atoms with van der Waals surface area (Å²) in [7, 11) is 2.05. The SMILES string of the molecule is C=CC(=O)Nc1cc(Nc2cc3c(-c4cccc(F)c4)noc3cn2)ccc1OC1CCN(C)C1. The summed E-state index contributed by atoms with van der Waals surface area (Å²) in [6.45, 7) is 5.32. The van der Waals surface area contributed by atoms with Gasteiger partial charge >= 0.3 is 0 Å². The van der Waals surface area contributed by atoms with Gasteiger partial charge in [-0.15, -0.1) is 0 Å². The molecule has 1 aliphatic rings. The minimum atomic E-state index is -0.355. The van der Waals surface area contributed by atoms with Gasteiger partial charge in [-0.2, -0.15) is 0 Å². The number of nitrogens with zero attached hydrogens (tertiary/aromatic N) is 3. The molecule has 9 heteroatoms. The fraction of sp³-hybridized carbons (Fsp3) is 0.192. The van der Waals surface area contributed by atoms with Crippen LogP contribution >= 0.6 is 0 Å². The summed E-state index contributed by atoms with van der Waals surface area (Å²) in [6, 6.07) is 13.4. The van der Waals surface area contributed by atoms with Crippen molar-refractivity contribution in [3.8, 4) is 17.0 Å². The van der Waals surface area contributed by atoms with Gasteiger partial charge in [-0.3, -0.25) is 4.79 Å². The van der Waals surface area contributed by atoms with Crippen LogP contribution in [0.5, 0.6) is 5.75 Å². The van der Waals surface area contributed by atoms with Gasteiger partial charge in [0, 0.05) is 24.3 Å². The first-order valence-corrected chi connectivity index (χ1v) is 11.2. The molecule has 178 valence electrons. The van der Waals surface area contributed by atoms with Crippen LogP contribution in [0.4, 0.5) is 21.6 Å². The first kappa shape index (κ1) is 22.5. The number of anilines is 3. The largest absolute Gasteiger partial charge is 0.487 e. The highest BCUT2D eigenvalue weighted by molar-refractivity contribution is 6.00. The van der Waals surface area contributed by atoms with Gasteiger partial charge in [0.1, 0.15) is 29.2 Å². The molecule has 35 heavy (non-hydrogen) atoms. The lowest BCUT2D eigenvalue weighted by atomic mass is 10.1. The molecule has 8 nitrogen and oxygen atoms in total. The highest BCUT2D eigenvalue weighted by Gasteiger charge is 2.22. The van der Waals surface area contributed by atoms with E-state index in [1.807, 2.05) is 12.1 Å². The van der Waals surface area contributed by atoms with Gasteiger partial charge in [-0.05, 0) is 55.9 Å². The molecule has 5 rings (SSSR count). The zero-order chi connectivity index (χ0) is 24.4. The minimum Gasteiger partial charge on any atom is -0.487 e. The number of likely N-dealkylation sites (tertiary alicyclic amines) is 1. The third-order valence-electron chi connectivity index (χ3n) is 5.79. The van der Waals surface area contributed by atoms with Gasteiger partial charge in [0.25, 0.3) is 0 Å². The number of likely N-dealkylation sites (N-methyl/N-ethyl adjacent to an activating group) is 1. The third-order valence-corrected chi connectivity index (χ3v) is 5.79. The van der Waals surface area contributed by atoms with Crippen molar-refractivity contribution >= 4 is 34.1 Å². The molecule has 2 aromatic heterocycles. The summed E-state index contributed by atoms with van der Waals surface area (Å²) in [6.07, 6.45) is 3.74. The van der Waals surface area contributed by atoms with Gasteiger partial charge in [-0.1, -0.05) is 23.9 Å². The van der Waals surface area contributed by atoms with Gasteiger partial charge in [0.15, 0.2) is 5.58 Å². The number of carbonyl (C=O) groups excluding carboxylic acids is 1. The molecule has 1 saturated heterocycles. The molecule has 1 fully saturated rings. The smallest absolute Gasteiger partial charge is 0.247 e. The molecule has 1 aliphatic heterocycles. The molecule has 0 radical (unpaired) electrons. The Balaban J connectivity index is 1.43. The van der Waals surface area contributed by atoms with Crippen LogP contribution < -0.4 is 15.4 Å². The number of hydrogen-bond acceptors (Lipinski definition) is 7. The second kappa shape index (κ2) is 9.55. The lowest BCUT2D eigenvalue weighted by molar-refractivity contribution is -0.111. The summed E-state index contributed by atoms with van der Waals surface area (Å²) >= 11 is 0. The van der Waals surface area contributed by atoms with Gasteiger partial charge in [0.05, 0.1) is 17.3 Å². The zero-order valence-corrected chi connectivity index (χ0v) is 19.1. The van der Waals surface area contributed by atoms with Crippen molar-refractivity contribution in [2.75, 3.05) is 30.8 Å². The van der Waals surface area contributed by atoms with E-state index in [0.717, 1.165) is 19.5 Å². The van der Waals surface area contributed by atoms with E-state index in [4.69, 9.17) is 9.26 Å². The summed E-state index contributed by atoms with van der Waals surface area (Å²) in [5.41, 5.74) is 2.83. The van der Waals surface area contributed by atoms with Crippen molar-refractivity contribution in [2.24, 2.45) is 0 Å². The second-order valence-electron chi connectivity index (χ2n) is 8.43. The molecule has 0 spiro atoms. The van der Waals surface area contributed by atoms with E-state index < -0.39 is 0 Å². The topological polar surface area (TPSA) is 92.5 Å². The van der Waals surface area contributed by atoms with E-state index >= 15 is 0 Å². The van der Waals surface area contributed by atoms with Crippen LogP contribution in [0.15, 0.2) is 71.9 Å². The number of pyridine rings is 1. The summed E-state index contributed by atoms with van der Waals surface area (Å²) in [5.74, 6) is 0.429. The molecule has 1 atom stereocenters. The molecular formula is C26H24FN5O3. The zero-order valence-electron chi connectivity index (χ0n) is 19.1. The Hall–Kier alpha value is -4.24. The molecule has 0 aliphatic carbocycles. The van der Waals surface area contributed by atoms with Crippen molar-refractivity contribution in [1.82, 2.24) is 15.0 Å². The normalized spacial score (nSPS) is 15.8. The van der Waals surface area contributed by atoms with Gasteiger partial charge in [0.2, 0.25) is 5.91 Å². The number of fused-ring (bicyclic) bond motifs is 1. The number of ether oxygens (including phenoxy) is 1. The number of benzene rings is 2. The van der Waals surface area contributed by atoms with Crippen molar-refractivity contribution < 1.29 is 18.4 Å². The Morgan fingerprint density at radius 1 is 1.29 bits per heavy atom. The van der Waals surface area contributed by atoms with Gasteiger partial charge < -0.3 is 24.8 Å². The van der Waals surface area contributed by atoms with Crippen LogP contribution in [0.3, 0.4) is 0 Å². The predicted molar refractivity (Wildman–Crippen MR) is 132 cm³/mol. The van der Waals surface area contributed by atoms with Crippen molar-refractivity contribution in [3.63, 3.8) is 0 Å². The van der Waals surface area contributed by atoms with Crippen molar-refractivity contribution in [3.05, 3.63) is 73.2 Å². The summed E-state index contributed by atoms with van der Waals surface area (Å²) < 4.78 is 25.3. The van der Waals surface area contributed by atoms with Crippen LogP contribution in [-0.2, 0) is 4.79 Å². The van der Waals surface area contributed by atoms with E-state index in [0.29, 0.717) is 45.2 Å². The molecule has 1 amide bonds. The summed E-state index contributed by atoms with van der Waals surface area (Å²) in [5, 5.41) is 10.8. The van der Waals surface area contributed by atoms with Crippen LogP contribution in [0.25, 0.3) is 22.2 Å². The maximum atomic E-state index is 13.7. The molecule has 4 aromatic rings. The van der Waals surface area contributed by atoms with E-state index in [9.17, 15) is 9.18 Å². The third kappa shape index (κ3) is 4.99. The highest BCUT2D eigenvalue weighted by atomic mass is 19.1. The van der Waals surface area contributed by atoms with E-state index in [1.165, 1.54) is 18.2 Å². The van der Waals surface area contributed by atoms with Crippen molar-refractivity contribution in [1.29, 1.82) is 0 Å². The standard InChI is InChI=1S/C26H24FN5O3/c1-3-25(33)30-21-12-18(7-8-22(21)34-19-9-10-32(2)15-19)29-24-13-20-23(14-28-24)35-31-26(20)16-5-4-6-17(27)11-16/h3-8,11-14,19H,1,9-10,15H2,2H3,(H,28,29)(H,30,33). The number of nitrogens with one attached hydrogen (secondary N) is 2. The van der Waals surface area contributed by atoms with E-state index in [2.05, 4.69) is 39.3 Å². The first-order valence-electron chi connectivity index (χ1n) is 11.2. The Kier molecular flexibility index (Phi) is 6.15. The highest BCUT2D eigenvalue weighted by Crippen LogP contribution is 2.33. The van der Waals surface area contributed by atoms with Crippen LogP contribution in [0, 0.1) is 5.82 Å². The Bertz CT molecular complexity index is 1400. The van der Waals surface area contributed by atoms with E-state index in [1.54, 1.807) is 30.5 Å². The Morgan fingerprint density at radius 2 is 2.17 bits per heavy atom. The Labute approximate surface area is 201 Å². The fourth-order valence-corrected chi connectivity index (χ4v) is 4.07. The molecule has 0 saturated carbocycles. The van der Waals surface area contributed by atoms with Crippen LogP contribution in [0.2, 0.25) is 0 Å². The number of aromatic nitrogens is 2. The summed E-state index contributed by atoms with van der Waals surface area (Å²) in [4.78, 5) is 18.6. The minimum absolute atomic E-state index is 0.0529. The molecule has 2 aromatic carbocycles. The monoisotopic (exact) mass is 473 g/mol. The molecule has 1 unspecified atom stereocenters. The average molecular weight is 474 g/mol. The number of amides is 1. The molecule has 3 heterocycles. The van der Waals surface area contributed by atoms with E-state index in [-0.39, 0.29) is 17.8 Å². The van der Waals surface area contributed by atoms with Crippen LogP contribution in [0.1, 0.15) is 6.42 Å². The van der Waals surface area contributed by atoms with Gasteiger partial charge in [-0.25, -0.2) is 9.37 Å². The molecule has 2 N–H and O–H groups in total. The number of hydrogen-bond donors (Lipinski definition) is 2. The molecule has 0 bridgehead atoms. The number of carbonyl (C=O) groups is 1. The maximum Gasteiger partial charge on any atom is 0.247 e. The van der Waals surface area contributed by atoms with Crippen LogP contribution in [-0.4, -0.2) is 47.2 Å².